The van der Waals surface area contributed by atoms with Gasteiger partial charge in [0.15, 0.2) is 0 Å². The molecule has 3 rings (SSSR count). The van der Waals surface area contributed by atoms with Crippen LogP contribution in [0.25, 0.3) is 0 Å². The predicted octanol–water partition coefficient (Wildman–Crippen LogP) is 2.98. The summed E-state index contributed by atoms with van der Waals surface area (Å²) in [5, 5.41) is 26.9. The second-order valence-electron chi connectivity index (χ2n) is 7.30. The molecule has 6 heteroatoms. The maximum atomic E-state index is 9.22. The van der Waals surface area contributed by atoms with Crippen molar-refractivity contribution in [2.45, 2.75) is 12.8 Å². The molecule has 0 saturated heterocycles. The van der Waals surface area contributed by atoms with E-state index in [4.69, 9.17) is 24.4 Å². The lowest BCUT2D eigenvalue weighted by Crippen LogP contribution is -2.05. The molecule has 6 nitrogen and oxygen atoms in total. The minimum absolute atomic E-state index is 0.00759. The second kappa shape index (κ2) is 12.7. The van der Waals surface area contributed by atoms with Crippen molar-refractivity contribution in [3.05, 3.63) is 89.0 Å². The highest BCUT2D eigenvalue weighted by Crippen LogP contribution is 2.26. The summed E-state index contributed by atoms with van der Waals surface area (Å²) in [5.41, 5.74) is 4.40. The molecule has 0 aliphatic carbocycles. The molecule has 0 unspecified atom stereocenters. The number of hydrogen-bond acceptors (Lipinski definition) is 6. The Morgan fingerprint density at radius 1 is 0.500 bits per heavy atom. The molecule has 0 spiro atoms. The third kappa shape index (κ3) is 7.27. The zero-order valence-corrected chi connectivity index (χ0v) is 18.1. The Labute approximate surface area is 188 Å². The van der Waals surface area contributed by atoms with E-state index in [0.717, 1.165) is 45.9 Å². The number of aliphatic hydroxyl groups is 3. The standard InChI is InChI=1S/C26H30O6/c27-11-14-30-24-7-2-20(3-8-24)17-22-1-6-23(26(19-22)32-16-13-29)18-21-4-9-25(10-5-21)31-15-12-28/h1-10,19,27-29H,11-18H2. The van der Waals surface area contributed by atoms with Crippen LogP contribution < -0.4 is 14.2 Å². The van der Waals surface area contributed by atoms with E-state index in [1.165, 1.54) is 0 Å². The molecule has 0 aliphatic rings. The van der Waals surface area contributed by atoms with Gasteiger partial charge in [-0.3, -0.25) is 0 Å². The minimum atomic E-state index is -0.0458. The Kier molecular flexibility index (Phi) is 9.37. The number of rotatable bonds is 13. The van der Waals surface area contributed by atoms with E-state index in [2.05, 4.69) is 12.1 Å². The van der Waals surface area contributed by atoms with Gasteiger partial charge in [0.1, 0.15) is 37.1 Å². The Morgan fingerprint density at radius 2 is 0.969 bits per heavy atom. The molecule has 0 heterocycles. The number of hydrogen-bond donors (Lipinski definition) is 3. The van der Waals surface area contributed by atoms with Gasteiger partial charge >= 0.3 is 0 Å². The second-order valence-corrected chi connectivity index (χ2v) is 7.30. The molecule has 3 aromatic rings. The molecule has 0 amide bonds. The normalized spacial score (nSPS) is 10.7. The van der Waals surface area contributed by atoms with Gasteiger partial charge in [-0.25, -0.2) is 0 Å². The maximum Gasteiger partial charge on any atom is 0.123 e. The van der Waals surface area contributed by atoms with Crippen LogP contribution in [0.4, 0.5) is 0 Å². The fourth-order valence-electron chi connectivity index (χ4n) is 3.33. The molecule has 32 heavy (non-hydrogen) atoms. The van der Waals surface area contributed by atoms with Crippen molar-refractivity contribution in [1.29, 1.82) is 0 Å². The Morgan fingerprint density at radius 3 is 1.50 bits per heavy atom. The Bertz CT molecular complexity index is 938. The van der Waals surface area contributed by atoms with E-state index in [1.54, 1.807) is 0 Å². The molecule has 170 valence electrons. The van der Waals surface area contributed by atoms with Crippen LogP contribution in [-0.4, -0.2) is 55.0 Å². The van der Waals surface area contributed by atoms with Gasteiger partial charge in [0.05, 0.1) is 19.8 Å². The fraction of sp³-hybridized carbons (Fsp3) is 0.308. The maximum absolute atomic E-state index is 9.22. The van der Waals surface area contributed by atoms with E-state index >= 15 is 0 Å². The van der Waals surface area contributed by atoms with Gasteiger partial charge in [0.25, 0.3) is 0 Å². The van der Waals surface area contributed by atoms with E-state index in [9.17, 15) is 5.11 Å². The van der Waals surface area contributed by atoms with Crippen LogP contribution >= 0.6 is 0 Å². The van der Waals surface area contributed by atoms with Gasteiger partial charge < -0.3 is 29.5 Å². The highest BCUT2D eigenvalue weighted by Gasteiger charge is 2.08. The molecule has 3 N–H and O–H groups in total. The average Bonchev–Trinajstić information content (AvgIpc) is 2.83. The predicted molar refractivity (Wildman–Crippen MR) is 123 cm³/mol. The van der Waals surface area contributed by atoms with Crippen molar-refractivity contribution in [2.75, 3.05) is 39.6 Å². The highest BCUT2D eigenvalue weighted by atomic mass is 16.5. The summed E-state index contributed by atoms with van der Waals surface area (Å²) in [7, 11) is 0. The molecule has 0 bridgehead atoms. The molecule has 0 saturated carbocycles. The molecular formula is C26H30O6. The van der Waals surface area contributed by atoms with Gasteiger partial charge in [0, 0.05) is 6.42 Å². The van der Waals surface area contributed by atoms with Gasteiger partial charge in [-0.05, 0) is 59.0 Å². The largest absolute Gasteiger partial charge is 0.491 e. The van der Waals surface area contributed by atoms with Crippen molar-refractivity contribution in [3.63, 3.8) is 0 Å². The average molecular weight is 439 g/mol. The first-order chi connectivity index (χ1) is 15.7. The van der Waals surface area contributed by atoms with E-state index in [0.29, 0.717) is 6.42 Å². The van der Waals surface area contributed by atoms with Crippen LogP contribution in [0.2, 0.25) is 0 Å². The van der Waals surface area contributed by atoms with Crippen LogP contribution in [0, 0.1) is 0 Å². The van der Waals surface area contributed by atoms with E-state index < -0.39 is 0 Å². The summed E-state index contributed by atoms with van der Waals surface area (Å²) >= 11 is 0. The highest BCUT2D eigenvalue weighted by molar-refractivity contribution is 5.43. The van der Waals surface area contributed by atoms with Crippen LogP contribution in [0.3, 0.4) is 0 Å². The van der Waals surface area contributed by atoms with Crippen molar-refractivity contribution >= 4 is 0 Å². The first kappa shape index (κ1) is 23.6. The fourth-order valence-corrected chi connectivity index (χ4v) is 3.33. The topological polar surface area (TPSA) is 88.4 Å². The Balaban J connectivity index is 1.70. The first-order valence-corrected chi connectivity index (χ1v) is 10.7. The molecule has 0 fully saturated rings. The lowest BCUT2D eigenvalue weighted by atomic mass is 9.99. The number of ether oxygens (including phenoxy) is 3. The van der Waals surface area contributed by atoms with Gasteiger partial charge in [-0.2, -0.15) is 0 Å². The van der Waals surface area contributed by atoms with Crippen molar-refractivity contribution < 1.29 is 29.5 Å². The van der Waals surface area contributed by atoms with Crippen molar-refractivity contribution in [1.82, 2.24) is 0 Å². The molecule has 0 atom stereocenters. The minimum Gasteiger partial charge on any atom is -0.491 e. The summed E-state index contributed by atoms with van der Waals surface area (Å²) in [6.07, 6.45) is 1.44. The zero-order chi connectivity index (χ0) is 22.6. The summed E-state index contributed by atoms with van der Waals surface area (Å²) in [4.78, 5) is 0. The monoisotopic (exact) mass is 438 g/mol. The summed E-state index contributed by atoms with van der Waals surface area (Å²) < 4.78 is 16.7. The molecule has 3 aromatic carbocycles. The number of aliphatic hydroxyl groups excluding tert-OH is 3. The Hall–Kier alpha value is -3.06. The number of benzene rings is 3. The molecular weight excluding hydrogens is 408 g/mol. The SMILES string of the molecule is OCCOc1ccc(Cc2ccc(Cc3ccc(OCCO)cc3)c(OCCO)c2)cc1. The van der Waals surface area contributed by atoms with Crippen molar-refractivity contribution in [3.8, 4) is 17.2 Å². The smallest absolute Gasteiger partial charge is 0.123 e. The van der Waals surface area contributed by atoms with E-state index in [1.807, 2.05) is 54.6 Å². The molecule has 0 aliphatic heterocycles. The van der Waals surface area contributed by atoms with Crippen LogP contribution in [0.15, 0.2) is 66.7 Å². The van der Waals surface area contributed by atoms with Gasteiger partial charge in [-0.1, -0.05) is 36.4 Å². The first-order valence-electron chi connectivity index (χ1n) is 10.7. The van der Waals surface area contributed by atoms with Crippen LogP contribution in [0.1, 0.15) is 22.3 Å². The van der Waals surface area contributed by atoms with Crippen LogP contribution in [-0.2, 0) is 12.8 Å². The molecule has 0 radical (unpaired) electrons. The van der Waals surface area contributed by atoms with Gasteiger partial charge in [0.2, 0.25) is 0 Å². The third-order valence-corrected chi connectivity index (χ3v) is 4.85. The summed E-state index contributed by atoms with van der Waals surface area (Å²) in [6, 6.07) is 21.8. The zero-order valence-electron chi connectivity index (χ0n) is 18.1. The molecule has 0 aromatic heterocycles. The van der Waals surface area contributed by atoms with Crippen LogP contribution in [0.5, 0.6) is 17.2 Å². The lowest BCUT2D eigenvalue weighted by Gasteiger charge is -2.14. The van der Waals surface area contributed by atoms with E-state index in [-0.39, 0.29) is 39.6 Å². The lowest BCUT2D eigenvalue weighted by molar-refractivity contribution is 0.200. The van der Waals surface area contributed by atoms with Crippen molar-refractivity contribution in [2.24, 2.45) is 0 Å². The summed E-state index contributed by atoms with van der Waals surface area (Å²) in [5.74, 6) is 2.22. The summed E-state index contributed by atoms with van der Waals surface area (Å²) in [6.45, 7) is 0.730. The van der Waals surface area contributed by atoms with Gasteiger partial charge in [-0.15, -0.1) is 0 Å². The third-order valence-electron chi connectivity index (χ3n) is 4.85. The quantitative estimate of drug-likeness (QED) is 0.380.